The molecule has 0 spiro atoms. The number of hydrogen-bond donors (Lipinski definition) is 2. The third-order valence-electron chi connectivity index (χ3n) is 5.88. The molecule has 0 fully saturated rings. The molecule has 2 N–H and O–H groups in total. The second-order valence-electron chi connectivity index (χ2n) is 7.80. The van der Waals surface area contributed by atoms with E-state index in [1.807, 2.05) is 6.92 Å². The van der Waals surface area contributed by atoms with Crippen molar-refractivity contribution in [1.82, 2.24) is 10.3 Å². The van der Waals surface area contributed by atoms with Crippen LogP contribution in [-0.2, 0) is 12.0 Å². The number of carbonyl (C=O) groups excluding carboxylic acids is 1. The van der Waals surface area contributed by atoms with Gasteiger partial charge in [-0.3, -0.25) is 9.78 Å². The molecule has 1 aliphatic rings. The fraction of sp³-hybridized carbons (Fsp3) is 0.240. The van der Waals surface area contributed by atoms with Crippen LogP contribution in [0.1, 0.15) is 56.4 Å². The third-order valence-corrected chi connectivity index (χ3v) is 5.88. The SMILES string of the molecule is CCc1cc(C(=O)N[C@]2(c3ccc(C)c(F)c3)CCOc3cccnc32)ccc1C(=O)O. The minimum atomic E-state index is -1.10. The zero-order valence-electron chi connectivity index (χ0n) is 17.8. The lowest BCUT2D eigenvalue weighted by atomic mass is 9.80. The van der Waals surface area contributed by atoms with Gasteiger partial charge in [0, 0.05) is 18.2 Å². The van der Waals surface area contributed by atoms with Crippen molar-refractivity contribution in [3.63, 3.8) is 0 Å². The average molecular weight is 434 g/mol. The van der Waals surface area contributed by atoms with E-state index in [9.17, 15) is 19.1 Å². The molecule has 6 nitrogen and oxygen atoms in total. The lowest BCUT2D eigenvalue weighted by molar-refractivity contribution is 0.0694. The second-order valence-corrected chi connectivity index (χ2v) is 7.80. The van der Waals surface area contributed by atoms with E-state index in [-0.39, 0.29) is 11.4 Å². The molecule has 2 heterocycles. The predicted molar refractivity (Wildman–Crippen MR) is 117 cm³/mol. The Labute approximate surface area is 185 Å². The first-order valence-electron chi connectivity index (χ1n) is 10.4. The molecule has 1 aromatic heterocycles. The highest BCUT2D eigenvalue weighted by Crippen LogP contribution is 2.41. The topological polar surface area (TPSA) is 88.5 Å². The summed E-state index contributed by atoms with van der Waals surface area (Å²) in [7, 11) is 0. The highest BCUT2D eigenvalue weighted by atomic mass is 19.1. The van der Waals surface area contributed by atoms with E-state index < -0.39 is 17.4 Å². The van der Waals surface area contributed by atoms with Gasteiger partial charge in [0.1, 0.15) is 22.8 Å². The van der Waals surface area contributed by atoms with Gasteiger partial charge in [-0.05, 0) is 66.4 Å². The Kier molecular flexibility index (Phi) is 5.65. The van der Waals surface area contributed by atoms with Crippen LogP contribution in [0.3, 0.4) is 0 Å². The van der Waals surface area contributed by atoms with Crippen LogP contribution in [0.5, 0.6) is 5.75 Å². The summed E-state index contributed by atoms with van der Waals surface area (Å²) >= 11 is 0. The van der Waals surface area contributed by atoms with Crippen molar-refractivity contribution in [1.29, 1.82) is 0 Å². The van der Waals surface area contributed by atoms with Crippen molar-refractivity contribution in [2.45, 2.75) is 32.2 Å². The quantitative estimate of drug-likeness (QED) is 0.627. The average Bonchev–Trinajstić information content (AvgIpc) is 2.80. The Morgan fingerprint density at radius 2 is 2.03 bits per heavy atom. The summed E-state index contributed by atoms with van der Waals surface area (Å²) in [6.07, 6.45) is 2.43. The van der Waals surface area contributed by atoms with Crippen LogP contribution < -0.4 is 10.1 Å². The number of carboxylic acids is 1. The number of fused-ring (bicyclic) bond motifs is 1. The first-order valence-corrected chi connectivity index (χ1v) is 10.4. The number of nitrogens with zero attached hydrogens (tertiary/aromatic N) is 1. The van der Waals surface area contributed by atoms with Crippen molar-refractivity contribution in [2.75, 3.05) is 6.61 Å². The van der Waals surface area contributed by atoms with Crippen LogP contribution in [0.4, 0.5) is 4.39 Å². The molecule has 2 aromatic carbocycles. The zero-order valence-corrected chi connectivity index (χ0v) is 17.8. The summed E-state index contributed by atoms with van der Waals surface area (Å²) in [6, 6.07) is 12.9. The number of amides is 1. The van der Waals surface area contributed by atoms with Gasteiger partial charge in [0.15, 0.2) is 0 Å². The lowest BCUT2D eigenvalue weighted by Gasteiger charge is -2.39. The van der Waals surface area contributed by atoms with Crippen LogP contribution >= 0.6 is 0 Å². The van der Waals surface area contributed by atoms with Gasteiger partial charge in [0.25, 0.3) is 5.91 Å². The molecular weight excluding hydrogens is 411 g/mol. The molecule has 32 heavy (non-hydrogen) atoms. The molecule has 164 valence electrons. The summed E-state index contributed by atoms with van der Waals surface area (Å²) in [5.41, 5.74) is 1.51. The number of benzene rings is 2. The van der Waals surface area contributed by atoms with Crippen molar-refractivity contribution in [3.05, 3.63) is 94.1 Å². The Morgan fingerprint density at radius 3 is 2.75 bits per heavy atom. The number of halogens is 1. The molecular formula is C25H23FN2O4. The standard InChI is InChI=1S/C25H23FN2O4/c1-3-16-13-17(7-9-19(16)24(30)31)23(29)28-25(18-8-6-15(2)20(26)14-18)10-12-32-21-5-4-11-27-22(21)25/h4-9,11,13-14H,3,10,12H2,1-2H3,(H,28,29)(H,30,31)/t25-/m0/s1. The van der Waals surface area contributed by atoms with E-state index in [4.69, 9.17) is 4.74 Å². The number of pyridine rings is 1. The van der Waals surface area contributed by atoms with E-state index in [1.165, 1.54) is 18.2 Å². The van der Waals surface area contributed by atoms with Crippen LogP contribution in [0.15, 0.2) is 54.7 Å². The van der Waals surface area contributed by atoms with Crippen molar-refractivity contribution < 1.29 is 23.8 Å². The molecule has 1 aliphatic heterocycles. The number of aromatic nitrogens is 1. The van der Waals surface area contributed by atoms with E-state index in [1.54, 1.807) is 43.5 Å². The first kappa shape index (κ1) is 21.5. The largest absolute Gasteiger partial charge is 0.491 e. The molecule has 4 rings (SSSR count). The summed E-state index contributed by atoms with van der Waals surface area (Å²) < 4.78 is 20.3. The highest BCUT2D eigenvalue weighted by Gasteiger charge is 2.43. The number of rotatable bonds is 5. The fourth-order valence-electron chi connectivity index (χ4n) is 4.10. The molecule has 1 atom stereocenters. The maximum Gasteiger partial charge on any atom is 0.335 e. The van der Waals surface area contributed by atoms with Crippen LogP contribution in [0, 0.1) is 12.7 Å². The number of aryl methyl sites for hydroxylation is 2. The number of ether oxygens (including phenoxy) is 1. The summed E-state index contributed by atoms with van der Waals surface area (Å²) in [4.78, 5) is 29.3. The van der Waals surface area contributed by atoms with Gasteiger partial charge >= 0.3 is 5.97 Å². The second kappa shape index (κ2) is 8.42. The minimum absolute atomic E-state index is 0.164. The van der Waals surface area contributed by atoms with Gasteiger partial charge in [-0.2, -0.15) is 0 Å². The van der Waals surface area contributed by atoms with E-state index in [0.717, 1.165) is 0 Å². The summed E-state index contributed by atoms with van der Waals surface area (Å²) in [6.45, 7) is 3.82. The number of nitrogens with one attached hydrogen (secondary N) is 1. The van der Waals surface area contributed by atoms with Crippen LogP contribution in [0.2, 0.25) is 0 Å². The van der Waals surface area contributed by atoms with E-state index >= 15 is 0 Å². The summed E-state index contributed by atoms with van der Waals surface area (Å²) in [5, 5.41) is 12.4. The van der Waals surface area contributed by atoms with Gasteiger partial charge in [0.2, 0.25) is 0 Å². The van der Waals surface area contributed by atoms with Gasteiger partial charge in [-0.1, -0.05) is 19.1 Å². The highest BCUT2D eigenvalue weighted by molar-refractivity contribution is 5.97. The monoisotopic (exact) mass is 434 g/mol. The van der Waals surface area contributed by atoms with Gasteiger partial charge in [0.05, 0.1) is 12.2 Å². The molecule has 0 radical (unpaired) electrons. The smallest absolute Gasteiger partial charge is 0.335 e. The van der Waals surface area contributed by atoms with Crippen LogP contribution in [-0.4, -0.2) is 28.6 Å². The lowest BCUT2D eigenvalue weighted by Crippen LogP contribution is -2.50. The molecule has 1 amide bonds. The van der Waals surface area contributed by atoms with E-state index in [2.05, 4.69) is 10.3 Å². The molecule has 0 saturated carbocycles. The van der Waals surface area contributed by atoms with Crippen molar-refractivity contribution in [2.24, 2.45) is 0 Å². The Morgan fingerprint density at radius 1 is 1.22 bits per heavy atom. The number of carboxylic acid groups (broad SMARTS) is 1. The van der Waals surface area contributed by atoms with Crippen molar-refractivity contribution in [3.8, 4) is 5.75 Å². The number of aromatic carboxylic acids is 1. The Hall–Kier alpha value is -3.74. The Bertz CT molecular complexity index is 1210. The maximum absolute atomic E-state index is 14.5. The summed E-state index contributed by atoms with van der Waals surface area (Å²) in [5.74, 6) is -1.30. The molecule has 3 aromatic rings. The molecule has 0 saturated heterocycles. The maximum atomic E-state index is 14.5. The Balaban J connectivity index is 1.82. The fourth-order valence-corrected chi connectivity index (χ4v) is 4.10. The third kappa shape index (κ3) is 3.70. The van der Waals surface area contributed by atoms with Crippen molar-refractivity contribution >= 4 is 11.9 Å². The molecule has 0 unspecified atom stereocenters. The first-order chi connectivity index (χ1) is 15.4. The normalized spacial score (nSPS) is 17.2. The zero-order chi connectivity index (χ0) is 22.9. The van der Waals surface area contributed by atoms with Gasteiger partial charge < -0.3 is 15.2 Å². The predicted octanol–water partition coefficient (Wildman–Crippen LogP) is 4.25. The molecule has 0 bridgehead atoms. The molecule has 0 aliphatic carbocycles. The van der Waals surface area contributed by atoms with E-state index in [0.29, 0.717) is 53.1 Å². The number of hydrogen-bond acceptors (Lipinski definition) is 4. The minimum Gasteiger partial charge on any atom is -0.491 e. The van der Waals surface area contributed by atoms with Crippen LogP contribution in [0.25, 0.3) is 0 Å². The van der Waals surface area contributed by atoms with Gasteiger partial charge in [-0.15, -0.1) is 0 Å². The van der Waals surface area contributed by atoms with Gasteiger partial charge in [-0.25, -0.2) is 9.18 Å². The number of carbonyl (C=O) groups is 2. The molecule has 7 heteroatoms.